The van der Waals surface area contributed by atoms with Gasteiger partial charge in [-0.2, -0.15) is 0 Å². The fourth-order valence-corrected chi connectivity index (χ4v) is 1.65. The molecule has 0 amide bonds. The Hall–Kier alpha value is -0.560. The van der Waals surface area contributed by atoms with E-state index >= 15 is 0 Å². The maximum Gasteiger partial charge on any atom is 0.180 e. The van der Waals surface area contributed by atoms with E-state index in [1.54, 1.807) is 16.8 Å². The summed E-state index contributed by atoms with van der Waals surface area (Å²) >= 11 is 7.85. The second kappa shape index (κ2) is 2.74. The third-order valence-corrected chi connectivity index (χ3v) is 2.42. The molecule has 0 aliphatic heterocycles. The lowest BCUT2D eigenvalue weighted by atomic mass is 10.6. The van der Waals surface area contributed by atoms with Gasteiger partial charge in [0.05, 0.1) is 6.20 Å². The van der Waals surface area contributed by atoms with Gasteiger partial charge in [-0.05, 0) is 22.6 Å². The van der Waals surface area contributed by atoms with Gasteiger partial charge in [0.15, 0.2) is 11.5 Å². The largest absolute Gasteiger partial charge is 0.381 e. The molecule has 2 N–H and O–H groups in total. The van der Waals surface area contributed by atoms with Crippen LogP contribution in [0, 0.1) is 3.70 Å². The molecule has 0 fully saturated rings. The van der Waals surface area contributed by atoms with Gasteiger partial charge in [-0.1, -0.05) is 11.6 Å². The highest BCUT2D eigenvalue weighted by molar-refractivity contribution is 14.1. The first-order chi connectivity index (χ1) is 5.68. The number of rotatable bonds is 0. The van der Waals surface area contributed by atoms with Crippen molar-refractivity contribution in [3.8, 4) is 0 Å². The minimum Gasteiger partial charge on any atom is -0.381 e. The Balaban J connectivity index is 2.92. The highest BCUT2D eigenvalue weighted by atomic mass is 127. The summed E-state index contributed by atoms with van der Waals surface area (Å²) < 4.78 is 2.75. The number of nitrogens with zero attached hydrogens (tertiary/aromatic N) is 3. The molecular formula is C6H4ClIN4. The highest BCUT2D eigenvalue weighted by Crippen LogP contribution is 2.16. The van der Waals surface area contributed by atoms with Crippen molar-refractivity contribution in [1.29, 1.82) is 0 Å². The van der Waals surface area contributed by atoms with Crippen LogP contribution >= 0.6 is 34.2 Å². The van der Waals surface area contributed by atoms with Crippen molar-refractivity contribution in [3.63, 3.8) is 0 Å². The number of hydrogen-bond acceptors (Lipinski definition) is 3. The number of anilines is 1. The van der Waals surface area contributed by atoms with Gasteiger partial charge >= 0.3 is 0 Å². The van der Waals surface area contributed by atoms with Crippen molar-refractivity contribution in [3.05, 3.63) is 21.2 Å². The van der Waals surface area contributed by atoms with Crippen molar-refractivity contribution in [2.45, 2.75) is 0 Å². The molecule has 0 spiro atoms. The Kier molecular flexibility index (Phi) is 1.84. The monoisotopic (exact) mass is 294 g/mol. The molecule has 0 atom stereocenters. The van der Waals surface area contributed by atoms with Gasteiger partial charge in [0.25, 0.3) is 0 Å². The summed E-state index contributed by atoms with van der Waals surface area (Å²) in [4.78, 5) is 7.94. The van der Waals surface area contributed by atoms with Gasteiger partial charge in [-0.3, -0.25) is 4.40 Å². The molecule has 0 saturated carbocycles. The molecule has 12 heavy (non-hydrogen) atoms. The third kappa shape index (κ3) is 1.13. The molecule has 6 heteroatoms. The average molecular weight is 294 g/mol. The van der Waals surface area contributed by atoms with Crippen molar-refractivity contribution >= 4 is 45.7 Å². The van der Waals surface area contributed by atoms with E-state index in [1.807, 2.05) is 0 Å². The summed E-state index contributed by atoms with van der Waals surface area (Å²) in [5.74, 6) is 0.352. The molecule has 0 aliphatic rings. The molecule has 0 unspecified atom stereocenters. The lowest BCUT2D eigenvalue weighted by Crippen LogP contribution is -1.97. The normalized spacial score (nSPS) is 10.8. The number of aromatic nitrogens is 3. The second-order valence-electron chi connectivity index (χ2n) is 2.22. The van der Waals surface area contributed by atoms with Gasteiger partial charge < -0.3 is 5.73 Å². The Morgan fingerprint density at radius 2 is 2.33 bits per heavy atom. The van der Waals surface area contributed by atoms with Crippen molar-refractivity contribution in [2.24, 2.45) is 0 Å². The summed E-state index contributed by atoms with van der Waals surface area (Å²) in [7, 11) is 0. The SMILES string of the molecule is Nc1nc(Cl)cn2c(I)cnc12. The van der Waals surface area contributed by atoms with Gasteiger partial charge in [0, 0.05) is 6.20 Å². The zero-order valence-electron chi connectivity index (χ0n) is 5.83. The van der Waals surface area contributed by atoms with E-state index in [9.17, 15) is 0 Å². The van der Waals surface area contributed by atoms with Crippen LogP contribution in [0.2, 0.25) is 5.15 Å². The van der Waals surface area contributed by atoms with Crippen molar-refractivity contribution in [2.75, 3.05) is 5.73 Å². The van der Waals surface area contributed by atoms with E-state index in [4.69, 9.17) is 17.3 Å². The number of hydrogen-bond donors (Lipinski definition) is 1. The zero-order chi connectivity index (χ0) is 8.72. The zero-order valence-corrected chi connectivity index (χ0v) is 8.74. The molecule has 2 aromatic heterocycles. The predicted molar refractivity (Wildman–Crippen MR) is 55.1 cm³/mol. The van der Waals surface area contributed by atoms with E-state index in [-0.39, 0.29) is 0 Å². The summed E-state index contributed by atoms with van der Waals surface area (Å²) in [6.07, 6.45) is 3.40. The third-order valence-electron chi connectivity index (χ3n) is 1.44. The predicted octanol–water partition coefficient (Wildman–Crippen LogP) is 1.57. The molecule has 2 rings (SSSR count). The lowest BCUT2D eigenvalue weighted by molar-refractivity contribution is 1.11. The van der Waals surface area contributed by atoms with E-state index in [2.05, 4.69) is 32.6 Å². The Morgan fingerprint density at radius 3 is 3.08 bits per heavy atom. The first-order valence-corrected chi connectivity index (χ1v) is 4.59. The van der Waals surface area contributed by atoms with Crippen LogP contribution in [0.5, 0.6) is 0 Å². The minimum absolute atomic E-state index is 0.352. The average Bonchev–Trinajstić information content (AvgIpc) is 2.33. The van der Waals surface area contributed by atoms with Gasteiger partial charge in [-0.15, -0.1) is 0 Å². The maximum atomic E-state index is 5.71. The minimum atomic E-state index is 0.352. The first kappa shape index (κ1) is 8.06. The molecule has 0 radical (unpaired) electrons. The summed E-state index contributed by atoms with van der Waals surface area (Å²) in [5.41, 5.74) is 6.23. The molecule has 0 aromatic carbocycles. The topological polar surface area (TPSA) is 56.2 Å². The van der Waals surface area contributed by atoms with E-state index in [1.165, 1.54) is 0 Å². The van der Waals surface area contributed by atoms with Gasteiger partial charge in [0.2, 0.25) is 0 Å². The molecule has 0 aliphatic carbocycles. The quantitative estimate of drug-likeness (QED) is 0.750. The fourth-order valence-electron chi connectivity index (χ4n) is 0.953. The second-order valence-corrected chi connectivity index (χ2v) is 3.72. The van der Waals surface area contributed by atoms with E-state index in [0.717, 1.165) is 3.70 Å². The van der Waals surface area contributed by atoms with Crippen LogP contribution in [-0.2, 0) is 0 Å². The van der Waals surface area contributed by atoms with Crippen LogP contribution in [0.25, 0.3) is 5.65 Å². The van der Waals surface area contributed by atoms with Crippen LogP contribution in [-0.4, -0.2) is 14.4 Å². The molecule has 0 bridgehead atoms. The van der Waals surface area contributed by atoms with E-state index in [0.29, 0.717) is 16.6 Å². The Morgan fingerprint density at radius 1 is 1.58 bits per heavy atom. The van der Waals surface area contributed by atoms with E-state index < -0.39 is 0 Å². The highest BCUT2D eigenvalue weighted by Gasteiger charge is 2.05. The van der Waals surface area contributed by atoms with Crippen molar-refractivity contribution in [1.82, 2.24) is 14.4 Å². The maximum absolute atomic E-state index is 5.71. The fraction of sp³-hybridized carbons (Fsp3) is 0. The van der Waals surface area contributed by atoms with Crippen LogP contribution < -0.4 is 5.73 Å². The smallest absolute Gasteiger partial charge is 0.180 e. The molecular weight excluding hydrogens is 290 g/mol. The summed E-state index contributed by atoms with van der Waals surface area (Å²) in [6, 6.07) is 0. The number of nitrogens with two attached hydrogens (primary N) is 1. The first-order valence-electron chi connectivity index (χ1n) is 3.13. The number of imidazole rings is 1. The van der Waals surface area contributed by atoms with Crippen molar-refractivity contribution < 1.29 is 0 Å². The molecule has 62 valence electrons. The van der Waals surface area contributed by atoms with Crippen LogP contribution in [0.1, 0.15) is 0 Å². The Bertz CT molecular complexity index is 438. The molecule has 2 aromatic rings. The summed E-state index contributed by atoms with van der Waals surface area (Å²) in [6.45, 7) is 0. The molecule has 4 nitrogen and oxygen atoms in total. The number of nitrogen functional groups attached to an aromatic ring is 1. The Labute approximate surface area is 86.9 Å². The number of halogens is 2. The molecule has 0 saturated heterocycles. The number of fused-ring (bicyclic) bond motifs is 1. The van der Waals surface area contributed by atoms with Crippen LogP contribution in [0.15, 0.2) is 12.4 Å². The standard InChI is InChI=1S/C6H4ClIN4/c7-3-2-12-4(8)1-10-6(12)5(9)11-3/h1-2H,(H2,9,11). The van der Waals surface area contributed by atoms with Gasteiger partial charge in [-0.25, -0.2) is 9.97 Å². The summed E-state index contributed by atoms with van der Waals surface area (Å²) in [5, 5.41) is 0.371. The lowest BCUT2D eigenvalue weighted by Gasteiger charge is -1.98. The van der Waals surface area contributed by atoms with Crippen LogP contribution in [0.4, 0.5) is 5.82 Å². The van der Waals surface area contributed by atoms with Crippen LogP contribution in [0.3, 0.4) is 0 Å². The molecule has 2 heterocycles. The van der Waals surface area contributed by atoms with Gasteiger partial charge in [0.1, 0.15) is 8.85 Å².